The van der Waals surface area contributed by atoms with Crippen molar-refractivity contribution in [2.24, 2.45) is 11.8 Å². The standard InChI is InChI=1S/C20H23NO/c1-13(15-7-4-5-14(9-15)12-22)21-11-19-18-10-16-6-2-3-8-17(16)20(18)19/h2-9,13,18-22H,10-12H2,1H3. The first-order valence-corrected chi connectivity index (χ1v) is 8.29. The molecule has 0 radical (unpaired) electrons. The van der Waals surface area contributed by atoms with Gasteiger partial charge in [-0.2, -0.15) is 0 Å². The smallest absolute Gasteiger partial charge is 0.0681 e. The van der Waals surface area contributed by atoms with Gasteiger partial charge in [0.2, 0.25) is 0 Å². The number of hydrogen-bond acceptors (Lipinski definition) is 2. The van der Waals surface area contributed by atoms with Crippen molar-refractivity contribution in [2.45, 2.75) is 31.9 Å². The molecule has 0 spiro atoms. The van der Waals surface area contributed by atoms with Crippen LogP contribution in [-0.2, 0) is 13.0 Å². The van der Waals surface area contributed by atoms with E-state index in [4.69, 9.17) is 0 Å². The number of aliphatic hydroxyl groups excluding tert-OH is 1. The van der Waals surface area contributed by atoms with E-state index in [0.29, 0.717) is 6.04 Å². The summed E-state index contributed by atoms with van der Waals surface area (Å²) in [6.07, 6.45) is 1.27. The lowest BCUT2D eigenvalue weighted by atomic mass is 10.0. The largest absolute Gasteiger partial charge is 0.392 e. The van der Waals surface area contributed by atoms with E-state index in [1.807, 2.05) is 12.1 Å². The number of fused-ring (bicyclic) bond motifs is 3. The Kier molecular flexibility index (Phi) is 3.51. The van der Waals surface area contributed by atoms with Crippen molar-refractivity contribution in [2.75, 3.05) is 6.54 Å². The van der Waals surface area contributed by atoms with Crippen LogP contribution in [-0.4, -0.2) is 11.7 Å². The average Bonchev–Trinajstić information content (AvgIpc) is 3.11. The zero-order valence-corrected chi connectivity index (χ0v) is 13.0. The Morgan fingerprint density at radius 2 is 2.05 bits per heavy atom. The molecule has 2 aliphatic rings. The first kappa shape index (κ1) is 14.0. The van der Waals surface area contributed by atoms with Crippen LogP contribution in [0.5, 0.6) is 0 Å². The molecule has 4 rings (SSSR count). The van der Waals surface area contributed by atoms with Gasteiger partial charge in [-0.1, -0.05) is 48.5 Å². The molecule has 2 heteroatoms. The number of nitrogens with one attached hydrogen (secondary N) is 1. The Bertz CT molecular complexity index is 681. The molecule has 0 aromatic heterocycles. The van der Waals surface area contributed by atoms with E-state index in [1.54, 1.807) is 11.1 Å². The van der Waals surface area contributed by atoms with Crippen molar-refractivity contribution in [1.29, 1.82) is 0 Å². The lowest BCUT2D eigenvalue weighted by Crippen LogP contribution is -2.22. The molecule has 0 saturated heterocycles. The summed E-state index contributed by atoms with van der Waals surface area (Å²) in [7, 11) is 0. The highest BCUT2D eigenvalue weighted by atomic mass is 16.3. The lowest BCUT2D eigenvalue weighted by molar-refractivity contribution is 0.281. The fourth-order valence-corrected chi connectivity index (χ4v) is 4.15. The van der Waals surface area contributed by atoms with Crippen molar-refractivity contribution >= 4 is 0 Å². The molecule has 22 heavy (non-hydrogen) atoms. The number of aliphatic hydroxyl groups is 1. The Balaban J connectivity index is 1.37. The van der Waals surface area contributed by atoms with E-state index in [-0.39, 0.29) is 6.61 Å². The Morgan fingerprint density at radius 3 is 2.91 bits per heavy atom. The van der Waals surface area contributed by atoms with Crippen LogP contribution in [0, 0.1) is 11.8 Å². The van der Waals surface area contributed by atoms with Gasteiger partial charge in [-0.05, 0) is 59.9 Å². The molecular formula is C20H23NO. The third-order valence-electron chi connectivity index (χ3n) is 5.49. The minimum atomic E-state index is 0.115. The van der Waals surface area contributed by atoms with E-state index < -0.39 is 0 Å². The van der Waals surface area contributed by atoms with Crippen molar-refractivity contribution in [3.63, 3.8) is 0 Å². The van der Waals surface area contributed by atoms with Crippen molar-refractivity contribution in [3.8, 4) is 0 Å². The summed E-state index contributed by atoms with van der Waals surface area (Å²) < 4.78 is 0. The lowest BCUT2D eigenvalue weighted by Gasteiger charge is -2.16. The van der Waals surface area contributed by atoms with Crippen LogP contribution in [0.4, 0.5) is 0 Å². The summed E-state index contributed by atoms with van der Waals surface area (Å²) in [5.74, 6) is 2.46. The molecule has 1 fully saturated rings. The summed E-state index contributed by atoms with van der Waals surface area (Å²) in [6, 6.07) is 17.5. The predicted molar refractivity (Wildman–Crippen MR) is 88.6 cm³/mol. The van der Waals surface area contributed by atoms with E-state index in [1.165, 1.54) is 12.0 Å². The summed E-state index contributed by atoms with van der Waals surface area (Å²) in [6.45, 7) is 3.42. The van der Waals surface area contributed by atoms with Crippen molar-refractivity contribution in [3.05, 3.63) is 70.8 Å². The van der Waals surface area contributed by atoms with Gasteiger partial charge in [-0.3, -0.25) is 0 Å². The van der Waals surface area contributed by atoms with E-state index in [0.717, 1.165) is 29.9 Å². The van der Waals surface area contributed by atoms with Gasteiger partial charge >= 0.3 is 0 Å². The maximum Gasteiger partial charge on any atom is 0.0681 e. The number of benzene rings is 2. The van der Waals surface area contributed by atoms with Crippen LogP contribution in [0.15, 0.2) is 48.5 Å². The Labute approximate surface area is 132 Å². The molecule has 0 bridgehead atoms. The van der Waals surface area contributed by atoms with Crippen LogP contribution in [0.2, 0.25) is 0 Å². The molecule has 2 aliphatic carbocycles. The summed E-state index contributed by atoms with van der Waals surface area (Å²) in [5, 5.41) is 12.9. The van der Waals surface area contributed by atoms with Gasteiger partial charge in [0.25, 0.3) is 0 Å². The molecule has 4 unspecified atom stereocenters. The molecule has 4 atom stereocenters. The average molecular weight is 293 g/mol. The highest BCUT2D eigenvalue weighted by Gasteiger charge is 2.54. The SMILES string of the molecule is CC(NCC1C2Cc3ccccc3C12)c1cccc(CO)c1. The molecule has 2 N–H and O–H groups in total. The van der Waals surface area contributed by atoms with E-state index >= 15 is 0 Å². The highest BCUT2D eigenvalue weighted by Crippen LogP contribution is 2.61. The van der Waals surface area contributed by atoms with E-state index in [2.05, 4.69) is 48.6 Å². The number of hydrogen-bond donors (Lipinski definition) is 2. The molecule has 114 valence electrons. The zero-order valence-electron chi connectivity index (χ0n) is 13.0. The maximum absolute atomic E-state index is 9.25. The number of rotatable bonds is 5. The quantitative estimate of drug-likeness (QED) is 0.885. The second-order valence-electron chi connectivity index (χ2n) is 6.79. The van der Waals surface area contributed by atoms with Gasteiger partial charge in [-0.15, -0.1) is 0 Å². The van der Waals surface area contributed by atoms with Crippen LogP contribution in [0.25, 0.3) is 0 Å². The van der Waals surface area contributed by atoms with Crippen LogP contribution in [0.3, 0.4) is 0 Å². The van der Waals surface area contributed by atoms with Crippen LogP contribution < -0.4 is 5.32 Å². The Hall–Kier alpha value is -1.64. The van der Waals surface area contributed by atoms with Gasteiger partial charge < -0.3 is 10.4 Å². The first-order valence-electron chi connectivity index (χ1n) is 8.29. The van der Waals surface area contributed by atoms with Crippen LogP contribution >= 0.6 is 0 Å². The second-order valence-corrected chi connectivity index (χ2v) is 6.79. The predicted octanol–water partition coefficient (Wildman–Crippen LogP) is 3.42. The van der Waals surface area contributed by atoms with Gasteiger partial charge in [0.05, 0.1) is 6.61 Å². The third-order valence-corrected chi connectivity index (χ3v) is 5.49. The second kappa shape index (κ2) is 5.53. The third kappa shape index (κ3) is 2.37. The molecule has 0 amide bonds. The van der Waals surface area contributed by atoms with Crippen LogP contribution in [0.1, 0.15) is 41.1 Å². The molecular weight excluding hydrogens is 270 g/mol. The molecule has 0 aliphatic heterocycles. The summed E-state index contributed by atoms with van der Waals surface area (Å²) in [5.41, 5.74) is 5.41. The first-order chi connectivity index (χ1) is 10.8. The molecule has 2 nitrogen and oxygen atoms in total. The minimum Gasteiger partial charge on any atom is -0.392 e. The topological polar surface area (TPSA) is 32.3 Å². The fourth-order valence-electron chi connectivity index (χ4n) is 4.15. The van der Waals surface area contributed by atoms with Gasteiger partial charge in [-0.25, -0.2) is 0 Å². The van der Waals surface area contributed by atoms with E-state index in [9.17, 15) is 5.11 Å². The summed E-state index contributed by atoms with van der Waals surface area (Å²) >= 11 is 0. The Morgan fingerprint density at radius 1 is 1.18 bits per heavy atom. The van der Waals surface area contributed by atoms with Gasteiger partial charge in [0.15, 0.2) is 0 Å². The molecule has 1 saturated carbocycles. The molecule has 2 aromatic carbocycles. The highest BCUT2D eigenvalue weighted by molar-refractivity contribution is 5.43. The molecule has 2 aromatic rings. The zero-order chi connectivity index (χ0) is 15.1. The van der Waals surface area contributed by atoms with Gasteiger partial charge in [0.1, 0.15) is 0 Å². The van der Waals surface area contributed by atoms with Crippen molar-refractivity contribution < 1.29 is 5.11 Å². The van der Waals surface area contributed by atoms with Gasteiger partial charge in [0, 0.05) is 6.04 Å². The fraction of sp³-hybridized carbons (Fsp3) is 0.400. The monoisotopic (exact) mass is 293 g/mol. The van der Waals surface area contributed by atoms with Crippen molar-refractivity contribution in [1.82, 2.24) is 5.32 Å². The molecule has 0 heterocycles. The normalized spacial score (nSPS) is 26.4. The minimum absolute atomic E-state index is 0.115. The maximum atomic E-state index is 9.25. The summed E-state index contributed by atoms with van der Waals surface area (Å²) in [4.78, 5) is 0.